The van der Waals surface area contributed by atoms with Crippen molar-refractivity contribution in [1.29, 1.82) is 0 Å². The van der Waals surface area contributed by atoms with E-state index in [2.05, 4.69) is 0 Å². The predicted octanol–water partition coefficient (Wildman–Crippen LogP) is 2.49. The van der Waals surface area contributed by atoms with Crippen LogP contribution in [0.5, 0.6) is 0 Å². The number of ether oxygens (including phenoxy) is 1. The Balaban J connectivity index is 3.12. The molecule has 124 valence electrons. The molecular weight excluding hydrogens is 286 g/mol. The molecule has 0 aliphatic carbocycles. The summed E-state index contributed by atoms with van der Waals surface area (Å²) in [5.41, 5.74) is 1.03. The molecule has 1 aromatic heterocycles. The Hall–Kier alpha value is -1.82. The highest BCUT2D eigenvalue weighted by Crippen LogP contribution is 2.22. The van der Waals surface area contributed by atoms with Crippen LogP contribution in [0.3, 0.4) is 0 Å². The van der Waals surface area contributed by atoms with Gasteiger partial charge in [0.15, 0.2) is 0 Å². The standard InChI is InChI=1S/C16H25NO5/c1-5-12(6-2)17(7-8-21-4)16(20)15-11(3)10-22-13(15)9-14(18)19/h10,12H,5-9H2,1-4H3,(H,18,19). The molecule has 0 aliphatic rings. The number of carbonyl (C=O) groups is 2. The van der Waals surface area contributed by atoms with Gasteiger partial charge in [-0.05, 0) is 19.8 Å². The van der Waals surface area contributed by atoms with Gasteiger partial charge in [-0.25, -0.2) is 0 Å². The van der Waals surface area contributed by atoms with Crippen molar-refractivity contribution in [3.05, 3.63) is 23.2 Å². The largest absolute Gasteiger partial charge is 0.481 e. The molecule has 1 aromatic rings. The lowest BCUT2D eigenvalue weighted by Crippen LogP contribution is -2.42. The first-order chi connectivity index (χ1) is 10.5. The van der Waals surface area contributed by atoms with E-state index >= 15 is 0 Å². The summed E-state index contributed by atoms with van der Waals surface area (Å²) in [7, 11) is 1.59. The van der Waals surface area contributed by atoms with E-state index in [0.717, 1.165) is 12.8 Å². The first-order valence-electron chi connectivity index (χ1n) is 7.54. The number of carboxylic acid groups (broad SMARTS) is 1. The summed E-state index contributed by atoms with van der Waals surface area (Å²) in [6, 6.07) is 0.0922. The van der Waals surface area contributed by atoms with Gasteiger partial charge in [-0.15, -0.1) is 0 Å². The third-order valence-corrected chi connectivity index (χ3v) is 3.76. The van der Waals surface area contributed by atoms with Crippen LogP contribution in [0.1, 0.15) is 48.4 Å². The number of hydrogen-bond acceptors (Lipinski definition) is 4. The maximum absolute atomic E-state index is 12.9. The molecule has 0 radical (unpaired) electrons. The van der Waals surface area contributed by atoms with E-state index in [1.54, 1.807) is 18.9 Å². The van der Waals surface area contributed by atoms with Gasteiger partial charge in [-0.1, -0.05) is 13.8 Å². The average Bonchev–Trinajstić information content (AvgIpc) is 2.83. The van der Waals surface area contributed by atoms with Crippen LogP contribution >= 0.6 is 0 Å². The van der Waals surface area contributed by atoms with Crippen LogP contribution in [0.4, 0.5) is 0 Å². The minimum atomic E-state index is -1.02. The summed E-state index contributed by atoms with van der Waals surface area (Å²) in [5.74, 6) is -0.994. The molecule has 0 spiro atoms. The lowest BCUT2D eigenvalue weighted by Gasteiger charge is -2.30. The quantitative estimate of drug-likeness (QED) is 0.758. The van der Waals surface area contributed by atoms with Crippen LogP contribution in [0.2, 0.25) is 0 Å². The first kappa shape index (κ1) is 18.2. The fraction of sp³-hybridized carbons (Fsp3) is 0.625. The number of hydrogen-bond donors (Lipinski definition) is 1. The zero-order valence-electron chi connectivity index (χ0n) is 13.7. The summed E-state index contributed by atoms with van der Waals surface area (Å²) >= 11 is 0. The Morgan fingerprint density at radius 2 is 2.00 bits per heavy atom. The molecule has 0 saturated carbocycles. The van der Waals surface area contributed by atoms with Crippen LogP contribution in [-0.2, 0) is 16.0 Å². The van der Waals surface area contributed by atoms with Crippen LogP contribution in [-0.4, -0.2) is 48.2 Å². The van der Waals surface area contributed by atoms with Crippen LogP contribution in [0.25, 0.3) is 0 Å². The van der Waals surface area contributed by atoms with Crippen molar-refractivity contribution in [3.63, 3.8) is 0 Å². The highest BCUT2D eigenvalue weighted by atomic mass is 16.5. The third-order valence-electron chi connectivity index (χ3n) is 3.76. The SMILES string of the molecule is CCC(CC)N(CCOC)C(=O)c1c(C)coc1CC(=O)O. The Labute approximate surface area is 131 Å². The van der Waals surface area contributed by atoms with Crippen LogP contribution in [0.15, 0.2) is 10.7 Å². The van der Waals surface area contributed by atoms with Crippen molar-refractivity contribution >= 4 is 11.9 Å². The van der Waals surface area contributed by atoms with Crippen molar-refractivity contribution in [2.45, 2.75) is 46.1 Å². The second-order valence-electron chi connectivity index (χ2n) is 5.25. The van der Waals surface area contributed by atoms with E-state index in [-0.39, 0.29) is 24.1 Å². The summed E-state index contributed by atoms with van der Waals surface area (Å²) in [4.78, 5) is 25.6. The summed E-state index contributed by atoms with van der Waals surface area (Å²) in [6.45, 7) is 6.72. The third kappa shape index (κ3) is 4.34. The van der Waals surface area contributed by atoms with Crippen LogP contribution in [0, 0.1) is 6.92 Å². The molecule has 0 saturated heterocycles. The molecule has 6 nitrogen and oxygen atoms in total. The van der Waals surface area contributed by atoms with Gasteiger partial charge in [0, 0.05) is 25.3 Å². The minimum absolute atomic E-state index is 0.0922. The number of rotatable bonds is 9. The molecule has 0 aromatic carbocycles. The number of aryl methyl sites for hydroxylation is 1. The Bertz CT molecular complexity index is 505. The number of methoxy groups -OCH3 is 1. The molecule has 1 N–H and O–H groups in total. The van der Waals surface area contributed by atoms with E-state index in [1.807, 2.05) is 13.8 Å². The molecule has 0 bridgehead atoms. The zero-order chi connectivity index (χ0) is 16.7. The molecule has 0 fully saturated rings. The number of furan rings is 1. The lowest BCUT2D eigenvalue weighted by molar-refractivity contribution is -0.136. The second-order valence-corrected chi connectivity index (χ2v) is 5.25. The lowest BCUT2D eigenvalue weighted by atomic mass is 10.0. The normalized spacial score (nSPS) is 11.0. The summed E-state index contributed by atoms with van der Waals surface area (Å²) in [6.07, 6.45) is 2.80. The van der Waals surface area contributed by atoms with Gasteiger partial charge in [0.1, 0.15) is 12.2 Å². The van der Waals surface area contributed by atoms with Crippen molar-refractivity contribution in [2.75, 3.05) is 20.3 Å². The van der Waals surface area contributed by atoms with Crippen molar-refractivity contribution in [3.8, 4) is 0 Å². The van der Waals surface area contributed by atoms with Crippen molar-refractivity contribution in [1.82, 2.24) is 4.90 Å². The molecule has 22 heavy (non-hydrogen) atoms. The number of carboxylic acids is 1. The zero-order valence-corrected chi connectivity index (χ0v) is 13.7. The Morgan fingerprint density at radius 3 is 2.50 bits per heavy atom. The van der Waals surface area contributed by atoms with Crippen molar-refractivity contribution < 1.29 is 23.8 Å². The van der Waals surface area contributed by atoms with Gasteiger partial charge in [-0.2, -0.15) is 0 Å². The van der Waals surface area contributed by atoms with Gasteiger partial charge in [0.05, 0.1) is 18.4 Å². The fourth-order valence-electron chi connectivity index (χ4n) is 2.57. The highest BCUT2D eigenvalue weighted by molar-refractivity contribution is 5.97. The van der Waals surface area contributed by atoms with Gasteiger partial charge < -0.3 is 19.2 Å². The fourth-order valence-corrected chi connectivity index (χ4v) is 2.57. The van der Waals surface area contributed by atoms with Gasteiger partial charge in [0.25, 0.3) is 5.91 Å². The summed E-state index contributed by atoms with van der Waals surface area (Å²) in [5, 5.41) is 8.96. The number of carbonyl (C=O) groups excluding carboxylic acids is 1. The predicted molar refractivity (Wildman–Crippen MR) is 82.1 cm³/mol. The second kappa shape index (κ2) is 8.58. The van der Waals surface area contributed by atoms with E-state index < -0.39 is 5.97 Å². The topological polar surface area (TPSA) is 80.0 Å². The maximum Gasteiger partial charge on any atom is 0.311 e. The molecular formula is C16H25NO5. The van der Waals surface area contributed by atoms with Crippen molar-refractivity contribution in [2.24, 2.45) is 0 Å². The highest BCUT2D eigenvalue weighted by Gasteiger charge is 2.28. The molecule has 0 aliphatic heterocycles. The molecule has 1 rings (SSSR count). The van der Waals surface area contributed by atoms with E-state index in [0.29, 0.717) is 24.3 Å². The van der Waals surface area contributed by atoms with Gasteiger partial charge >= 0.3 is 5.97 Å². The average molecular weight is 311 g/mol. The smallest absolute Gasteiger partial charge is 0.311 e. The molecule has 1 amide bonds. The Morgan fingerprint density at radius 1 is 1.36 bits per heavy atom. The summed E-state index contributed by atoms with van der Waals surface area (Å²) < 4.78 is 10.4. The monoisotopic (exact) mass is 311 g/mol. The first-order valence-corrected chi connectivity index (χ1v) is 7.54. The van der Waals surface area contributed by atoms with Gasteiger partial charge in [0.2, 0.25) is 0 Å². The molecule has 6 heteroatoms. The van der Waals surface area contributed by atoms with E-state index in [1.165, 1.54) is 6.26 Å². The minimum Gasteiger partial charge on any atom is -0.481 e. The Kier molecular flexibility index (Phi) is 7.11. The van der Waals surface area contributed by atoms with E-state index in [4.69, 9.17) is 14.3 Å². The van der Waals surface area contributed by atoms with E-state index in [9.17, 15) is 9.59 Å². The van der Waals surface area contributed by atoms with Gasteiger partial charge in [-0.3, -0.25) is 9.59 Å². The molecule has 0 atom stereocenters. The number of amides is 1. The molecule has 1 heterocycles. The number of aliphatic carboxylic acids is 1. The molecule has 0 unspecified atom stereocenters. The number of nitrogens with zero attached hydrogens (tertiary/aromatic N) is 1. The van der Waals surface area contributed by atoms with Crippen LogP contribution < -0.4 is 0 Å². The maximum atomic E-state index is 12.9.